The van der Waals surface area contributed by atoms with E-state index in [2.05, 4.69) is 13.8 Å². The van der Waals surface area contributed by atoms with Crippen LogP contribution in [0.2, 0.25) is 0 Å². The summed E-state index contributed by atoms with van der Waals surface area (Å²) in [7, 11) is 0. The summed E-state index contributed by atoms with van der Waals surface area (Å²) in [5.74, 6) is 0.482. The first-order chi connectivity index (χ1) is 5.52. The van der Waals surface area contributed by atoms with Crippen molar-refractivity contribution in [2.24, 2.45) is 0 Å². The molecule has 1 rings (SSSR count). The molecular formula is C10H16N2. The van der Waals surface area contributed by atoms with Gasteiger partial charge in [0.1, 0.15) is 0 Å². The van der Waals surface area contributed by atoms with E-state index in [9.17, 15) is 0 Å². The Morgan fingerprint density at radius 2 is 1.50 bits per heavy atom. The highest BCUT2D eigenvalue weighted by Gasteiger charge is 2.04. The van der Waals surface area contributed by atoms with Crippen LogP contribution in [-0.4, -0.2) is 0 Å². The van der Waals surface area contributed by atoms with Crippen molar-refractivity contribution < 1.29 is 0 Å². The van der Waals surface area contributed by atoms with E-state index in [4.69, 9.17) is 11.5 Å². The van der Waals surface area contributed by atoms with Gasteiger partial charge in [-0.1, -0.05) is 13.8 Å². The van der Waals surface area contributed by atoms with Gasteiger partial charge in [0.25, 0.3) is 0 Å². The predicted octanol–water partition coefficient (Wildman–Crippen LogP) is 2.28. The maximum atomic E-state index is 5.78. The monoisotopic (exact) mass is 164 g/mol. The minimum Gasteiger partial charge on any atom is -0.398 e. The molecular weight excluding hydrogens is 148 g/mol. The van der Waals surface area contributed by atoms with Gasteiger partial charge in [-0.15, -0.1) is 0 Å². The van der Waals surface area contributed by atoms with E-state index in [0.717, 1.165) is 16.9 Å². The summed E-state index contributed by atoms with van der Waals surface area (Å²) in [5.41, 5.74) is 15.3. The van der Waals surface area contributed by atoms with Gasteiger partial charge in [0.05, 0.1) is 0 Å². The van der Waals surface area contributed by atoms with E-state index in [-0.39, 0.29) is 0 Å². The van der Waals surface area contributed by atoms with E-state index < -0.39 is 0 Å². The van der Waals surface area contributed by atoms with E-state index in [1.54, 1.807) is 0 Å². The first-order valence-corrected chi connectivity index (χ1v) is 4.18. The van der Waals surface area contributed by atoms with Crippen molar-refractivity contribution in [2.45, 2.75) is 26.7 Å². The van der Waals surface area contributed by atoms with Crippen LogP contribution in [0.3, 0.4) is 0 Å². The molecule has 0 bridgehead atoms. The third-order valence-electron chi connectivity index (χ3n) is 2.18. The van der Waals surface area contributed by atoms with Gasteiger partial charge in [0, 0.05) is 11.4 Å². The van der Waals surface area contributed by atoms with Crippen LogP contribution in [0.25, 0.3) is 0 Å². The Hall–Kier alpha value is -1.18. The maximum absolute atomic E-state index is 5.78. The standard InChI is InChI=1S/C10H16N2/c1-6(2)8-4-9(11)7(3)10(12)5-8/h4-6H,11-12H2,1-3H3. The smallest absolute Gasteiger partial charge is 0.0367 e. The summed E-state index contributed by atoms with van der Waals surface area (Å²) < 4.78 is 0. The molecule has 2 nitrogen and oxygen atoms in total. The first kappa shape index (κ1) is 8.91. The highest BCUT2D eigenvalue weighted by Crippen LogP contribution is 2.25. The number of hydrogen-bond donors (Lipinski definition) is 2. The van der Waals surface area contributed by atoms with Crippen LogP contribution in [0.1, 0.15) is 30.9 Å². The molecule has 0 spiro atoms. The van der Waals surface area contributed by atoms with Crippen LogP contribution in [-0.2, 0) is 0 Å². The number of nitrogen functional groups attached to an aromatic ring is 2. The summed E-state index contributed by atoms with van der Waals surface area (Å²) in [6, 6.07) is 3.99. The fourth-order valence-electron chi connectivity index (χ4n) is 1.12. The number of anilines is 2. The number of benzene rings is 1. The Morgan fingerprint density at radius 3 is 1.83 bits per heavy atom. The molecule has 12 heavy (non-hydrogen) atoms. The average molecular weight is 164 g/mol. The molecule has 0 aliphatic rings. The van der Waals surface area contributed by atoms with Crippen molar-refractivity contribution in [3.63, 3.8) is 0 Å². The molecule has 1 aromatic carbocycles. The Kier molecular flexibility index (Phi) is 2.27. The molecule has 0 fully saturated rings. The van der Waals surface area contributed by atoms with E-state index >= 15 is 0 Å². The van der Waals surface area contributed by atoms with Crippen molar-refractivity contribution in [2.75, 3.05) is 11.5 Å². The van der Waals surface area contributed by atoms with Gasteiger partial charge in [-0.25, -0.2) is 0 Å². The normalized spacial score (nSPS) is 10.7. The lowest BCUT2D eigenvalue weighted by molar-refractivity contribution is 0.867. The van der Waals surface area contributed by atoms with E-state index in [1.165, 1.54) is 5.56 Å². The minimum absolute atomic E-state index is 0.482. The van der Waals surface area contributed by atoms with Gasteiger partial charge >= 0.3 is 0 Å². The Labute approximate surface area is 73.6 Å². The quantitative estimate of drug-likeness (QED) is 0.626. The maximum Gasteiger partial charge on any atom is 0.0367 e. The van der Waals surface area contributed by atoms with Crippen molar-refractivity contribution in [1.29, 1.82) is 0 Å². The van der Waals surface area contributed by atoms with Crippen molar-refractivity contribution >= 4 is 11.4 Å². The molecule has 4 N–H and O–H groups in total. The molecule has 0 radical (unpaired) electrons. The molecule has 0 heterocycles. The van der Waals surface area contributed by atoms with Crippen molar-refractivity contribution in [3.8, 4) is 0 Å². The van der Waals surface area contributed by atoms with Gasteiger partial charge in [-0.2, -0.15) is 0 Å². The van der Waals surface area contributed by atoms with Crippen molar-refractivity contribution in [3.05, 3.63) is 23.3 Å². The topological polar surface area (TPSA) is 52.0 Å². The molecule has 0 saturated heterocycles. The zero-order valence-corrected chi connectivity index (χ0v) is 7.89. The van der Waals surface area contributed by atoms with Gasteiger partial charge in [-0.3, -0.25) is 0 Å². The lowest BCUT2D eigenvalue weighted by atomic mass is 9.99. The number of nitrogens with two attached hydrogens (primary N) is 2. The molecule has 0 aliphatic heterocycles. The van der Waals surface area contributed by atoms with E-state index in [0.29, 0.717) is 5.92 Å². The molecule has 0 aliphatic carbocycles. The molecule has 0 aromatic heterocycles. The molecule has 66 valence electrons. The van der Waals surface area contributed by atoms with Crippen LogP contribution in [0.4, 0.5) is 11.4 Å². The Bertz CT molecular complexity index is 267. The number of rotatable bonds is 1. The highest BCUT2D eigenvalue weighted by atomic mass is 14.6. The fourth-order valence-corrected chi connectivity index (χ4v) is 1.12. The molecule has 1 aromatic rings. The van der Waals surface area contributed by atoms with Crippen LogP contribution in [0.5, 0.6) is 0 Å². The second-order valence-electron chi connectivity index (χ2n) is 3.48. The molecule has 0 unspecified atom stereocenters. The molecule has 0 amide bonds. The predicted molar refractivity (Wildman–Crippen MR) is 54.1 cm³/mol. The summed E-state index contributed by atoms with van der Waals surface area (Å²) in [6.45, 7) is 6.20. The average Bonchev–Trinajstić information content (AvgIpc) is 1.99. The summed E-state index contributed by atoms with van der Waals surface area (Å²) >= 11 is 0. The Balaban J connectivity index is 3.21. The van der Waals surface area contributed by atoms with Gasteiger partial charge in [0.2, 0.25) is 0 Å². The summed E-state index contributed by atoms with van der Waals surface area (Å²) in [4.78, 5) is 0. The molecule has 0 saturated carbocycles. The second-order valence-corrected chi connectivity index (χ2v) is 3.48. The third kappa shape index (κ3) is 1.52. The molecule has 2 heteroatoms. The Morgan fingerprint density at radius 1 is 1.08 bits per heavy atom. The van der Waals surface area contributed by atoms with Crippen LogP contribution in [0, 0.1) is 6.92 Å². The first-order valence-electron chi connectivity index (χ1n) is 4.18. The van der Waals surface area contributed by atoms with E-state index in [1.807, 2.05) is 19.1 Å². The van der Waals surface area contributed by atoms with Crippen LogP contribution >= 0.6 is 0 Å². The second kappa shape index (κ2) is 3.05. The zero-order chi connectivity index (χ0) is 9.30. The SMILES string of the molecule is Cc1c(N)cc(C(C)C)cc1N. The van der Waals surface area contributed by atoms with Crippen LogP contribution < -0.4 is 11.5 Å². The lowest BCUT2D eigenvalue weighted by Gasteiger charge is -2.10. The van der Waals surface area contributed by atoms with Crippen molar-refractivity contribution in [1.82, 2.24) is 0 Å². The summed E-state index contributed by atoms with van der Waals surface area (Å²) in [6.07, 6.45) is 0. The summed E-state index contributed by atoms with van der Waals surface area (Å²) in [5, 5.41) is 0. The fraction of sp³-hybridized carbons (Fsp3) is 0.400. The van der Waals surface area contributed by atoms with Gasteiger partial charge in [0.15, 0.2) is 0 Å². The van der Waals surface area contributed by atoms with Gasteiger partial charge < -0.3 is 11.5 Å². The third-order valence-corrected chi connectivity index (χ3v) is 2.18. The molecule has 0 atom stereocenters. The largest absolute Gasteiger partial charge is 0.398 e. The highest BCUT2D eigenvalue weighted by molar-refractivity contribution is 5.62. The lowest BCUT2D eigenvalue weighted by Crippen LogP contribution is -1.99. The van der Waals surface area contributed by atoms with Gasteiger partial charge in [-0.05, 0) is 36.1 Å². The zero-order valence-electron chi connectivity index (χ0n) is 7.89. The number of hydrogen-bond acceptors (Lipinski definition) is 2. The minimum atomic E-state index is 0.482. The van der Waals surface area contributed by atoms with Crippen LogP contribution in [0.15, 0.2) is 12.1 Å².